The molecule has 2 saturated heterocycles. The molecule has 1 atom stereocenters. The van der Waals surface area contributed by atoms with Crippen molar-refractivity contribution in [3.8, 4) is 0 Å². The van der Waals surface area contributed by atoms with Crippen LogP contribution in [0.3, 0.4) is 0 Å². The summed E-state index contributed by atoms with van der Waals surface area (Å²) in [7, 11) is 0. The normalized spacial score (nSPS) is 28.9. The van der Waals surface area contributed by atoms with Gasteiger partial charge in [-0.25, -0.2) is 0 Å². The highest BCUT2D eigenvalue weighted by molar-refractivity contribution is 5.10. The molecule has 0 amide bonds. The molecule has 110 valence electrons. The van der Waals surface area contributed by atoms with Gasteiger partial charge in [0, 0.05) is 32.0 Å². The van der Waals surface area contributed by atoms with Gasteiger partial charge < -0.3 is 10.0 Å². The summed E-state index contributed by atoms with van der Waals surface area (Å²) in [5.41, 5.74) is 0.765. The van der Waals surface area contributed by atoms with Crippen LogP contribution in [-0.2, 0) is 6.54 Å². The van der Waals surface area contributed by atoms with Crippen molar-refractivity contribution in [2.45, 2.75) is 37.8 Å². The van der Waals surface area contributed by atoms with Crippen LogP contribution in [0.25, 0.3) is 0 Å². The maximum absolute atomic E-state index is 10.9. The summed E-state index contributed by atoms with van der Waals surface area (Å²) in [4.78, 5) is 8.87. The van der Waals surface area contributed by atoms with Crippen LogP contribution in [0.1, 0.15) is 31.2 Å². The number of hydrogen-bond donors (Lipinski definition) is 1. The Bertz CT molecular complexity index is 419. The number of rotatable bonds is 4. The van der Waals surface area contributed by atoms with E-state index >= 15 is 0 Å². The number of nitrogens with zero attached hydrogens (tertiary/aromatic N) is 3. The molecule has 0 aliphatic carbocycles. The van der Waals surface area contributed by atoms with Gasteiger partial charge in [-0.15, -0.1) is 0 Å². The number of pyridine rings is 1. The molecule has 0 saturated carbocycles. The van der Waals surface area contributed by atoms with E-state index < -0.39 is 5.60 Å². The Hall–Kier alpha value is -0.970. The van der Waals surface area contributed by atoms with Crippen molar-refractivity contribution >= 4 is 0 Å². The van der Waals surface area contributed by atoms with E-state index in [0.717, 1.165) is 52.1 Å². The number of piperidine rings is 1. The van der Waals surface area contributed by atoms with Gasteiger partial charge in [0.15, 0.2) is 0 Å². The summed E-state index contributed by atoms with van der Waals surface area (Å²) in [6.07, 6.45) is 8.30. The first-order chi connectivity index (χ1) is 9.73. The van der Waals surface area contributed by atoms with Crippen LogP contribution in [0.2, 0.25) is 0 Å². The average molecular weight is 275 g/mol. The fourth-order valence-corrected chi connectivity index (χ4v) is 3.57. The first kappa shape index (κ1) is 14.0. The summed E-state index contributed by atoms with van der Waals surface area (Å²) in [6, 6.07) is 4.13. The van der Waals surface area contributed by atoms with Gasteiger partial charge in [0.1, 0.15) is 0 Å². The minimum absolute atomic E-state index is 0.518. The fourth-order valence-electron chi connectivity index (χ4n) is 3.57. The molecule has 2 aliphatic heterocycles. The van der Waals surface area contributed by atoms with Gasteiger partial charge in [-0.2, -0.15) is 0 Å². The molecule has 2 aliphatic rings. The van der Waals surface area contributed by atoms with Crippen LogP contribution >= 0.6 is 0 Å². The van der Waals surface area contributed by atoms with E-state index in [4.69, 9.17) is 0 Å². The number of β-amino-alcohol motifs (C(OH)–C–C–N with tert-alkyl or cyclic N) is 1. The molecule has 1 N–H and O–H groups in total. The SMILES string of the molecule is OC1(CN2CCCC2)CCCN(Cc2ccncc2)C1. The summed E-state index contributed by atoms with van der Waals surface area (Å²) in [5, 5.41) is 10.9. The van der Waals surface area contributed by atoms with Gasteiger partial charge in [0.05, 0.1) is 5.60 Å². The summed E-state index contributed by atoms with van der Waals surface area (Å²) < 4.78 is 0. The van der Waals surface area contributed by atoms with Crippen molar-refractivity contribution in [2.24, 2.45) is 0 Å². The second-order valence-corrected chi connectivity index (χ2v) is 6.38. The van der Waals surface area contributed by atoms with Gasteiger partial charge in [-0.3, -0.25) is 9.88 Å². The lowest BCUT2D eigenvalue weighted by atomic mass is 9.92. The van der Waals surface area contributed by atoms with Crippen LogP contribution in [0.5, 0.6) is 0 Å². The second-order valence-electron chi connectivity index (χ2n) is 6.38. The average Bonchev–Trinajstić information content (AvgIpc) is 2.92. The highest BCUT2D eigenvalue weighted by Gasteiger charge is 2.35. The highest BCUT2D eigenvalue weighted by atomic mass is 16.3. The summed E-state index contributed by atoms with van der Waals surface area (Å²) in [6.45, 7) is 5.97. The third-order valence-corrected chi connectivity index (χ3v) is 4.51. The first-order valence-electron chi connectivity index (χ1n) is 7.80. The van der Waals surface area contributed by atoms with Gasteiger partial charge >= 0.3 is 0 Å². The standard InChI is InChI=1S/C16H25N3O/c20-16(13-18-9-1-2-10-18)6-3-11-19(14-16)12-15-4-7-17-8-5-15/h4-5,7-8,20H,1-3,6,9-14H2. The van der Waals surface area contributed by atoms with Crippen LogP contribution in [-0.4, -0.2) is 58.2 Å². The Kier molecular flexibility index (Phi) is 4.34. The Morgan fingerprint density at radius 3 is 2.50 bits per heavy atom. The number of likely N-dealkylation sites (tertiary alicyclic amines) is 2. The third-order valence-electron chi connectivity index (χ3n) is 4.51. The van der Waals surface area contributed by atoms with E-state index in [2.05, 4.69) is 26.9 Å². The molecule has 3 heterocycles. The Balaban J connectivity index is 1.57. The molecule has 20 heavy (non-hydrogen) atoms. The van der Waals surface area contributed by atoms with E-state index in [0.29, 0.717) is 0 Å². The zero-order chi connectivity index (χ0) is 13.8. The third kappa shape index (κ3) is 3.57. The predicted octanol–water partition coefficient (Wildman–Crippen LogP) is 1.50. The van der Waals surface area contributed by atoms with Gasteiger partial charge in [-0.05, 0) is 63.0 Å². The van der Waals surface area contributed by atoms with Crippen molar-refractivity contribution in [1.29, 1.82) is 0 Å². The van der Waals surface area contributed by atoms with E-state index in [-0.39, 0.29) is 0 Å². The minimum Gasteiger partial charge on any atom is -0.387 e. The van der Waals surface area contributed by atoms with Gasteiger partial charge in [-0.1, -0.05) is 0 Å². The van der Waals surface area contributed by atoms with Crippen molar-refractivity contribution in [2.75, 3.05) is 32.7 Å². The lowest BCUT2D eigenvalue weighted by Gasteiger charge is -2.41. The molecule has 1 aromatic rings. The van der Waals surface area contributed by atoms with Crippen molar-refractivity contribution in [3.05, 3.63) is 30.1 Å². The van der Waals surface area contributed by atoms with E-state index in [1.165, 1.54) is 18.4 Å². The van der Waals surface area contributed by atoms with Crippen molar-refractivity contribution in [1.82, 2.24) is 14.8 Å². The Morgan fingerprint density at radius 2 is 1.75 bits per heavy atom. The Morgan fingerprint density at radius 1 is 1.05 bits per heavy atom. The molecule has 0 radical (unpaired) electrons. The lowest BCUT2D eigenvalue weighted by molar-refractivity contribution is -0.0519. The largest absolute Gasteiger partial charge is 0.387 e. The second kappa shape index (κ2) is 6.20. The van der Waals surface area contributed by atoms with Gasteiger partial charge in [0.2, 0.25) is 0 Å². The smallest absolute Gasteiger partial charge is 0.0900 e. The lowest BCUT2D eigenvalue weighted by Crippen LogP contribution is -2.53. The molecule has 4 heteroatoms. The summed E-state index contributed by atoms with van der Waals surface area (Å²) >= 11 is 0. The molecule has 3 rings (SSSR count). The molecule has 4 nitrogen and oxygen atoms in total. The number of hydrogen-bond acceptors (Lipinski definition) is 4. The molecule has 0 bridgehead atoms. The Labute approximate surface area is 121 Å². The molecule has 1 aromatic heterocycles. The van der Waals surface area contributed by atoms with E-state index in [1.807, 2.05) is 12.4 Å². The van der Waals surface area contributed by atoms with Crippen LogP contribution in [0.15, 0.2) is 24.5 Å². The molecule has 0 aromatic carbocycles. The molecular formula is C16H25N3O. The number of aliphatic hydroxyl groups is 1. The minimum atomic E-state index is -0.518. The number of aromatic nitrogens is 1. The zero-order valence-electron chi connectivity index (χ0n) is 12.2. The molecular weight excluding hydrogens is 250 g/mol. The maximum atomic E-state index is 10.9. The van der Waals surface area contributed by atoms with Crippen LogP contribution < -0.4 is 0 Å². The van der Waals surface area contributed by atoms with Crippen molar-refractivity contribution in [3.63, 3.8) is 0 Å². The van der Waals surface area contributed by atoms with Crippen LogP contribution in [0.4, 0.5) is 0 Å². The van der Waals surface area contributed by atoms with Crippen LogP contribution in [0, 0.1) is 0 Å². The highest BCUT2D eigenvalue weighted by Crippen LogP contribution is 2.25. The molecule has 2 fully saturated rings. The predicted molar refractivity (Wildman–Crippen MR) is 79.4 cm³/mol. The molecule has 1 unspecified atom stereocenters. The molecule has 0 spiro atoms. The van der Waals surface area contributed by atoms with E-state index in [1.54, 1.807) is 0 Å². The van der Waals surface area contributed by atoms with E-state index in [9.17, 15) is 5.11 Å². The first-order valence-corrected chi connectivity index (χ1v) is 7.80. The summed E-state index contributed by atoms with van der Waals surface area (Å²) in [5.74, 6) is 0. The zero-order valence-corrected chi connectivity index (χ0v) is 12.2. The fraction of sp³-hybridized carbons (Fsp3) is 0.688. The quantitative estimate of drug-likeness (QED) is 0.904. The van der Waals surface area contributed by atoms with Gasteiger partial charge in [0.25, 0.3) is 0 Å². The topological polar surface area (TPSA) is 39.6 Å². The maximum Gasteiger partial charge on any atom is 0.0900 e. The monoisotopic (exact) mass is 275 g/mol. The van der Waals surface area contributed by atoms with Crippen molar-refractivity contribution < 1.29 is 5.11 Å².